The van der Waals surface area contributed by atoms with E-state index in [9.17, 15) is 8.42 Å². The second-order valence-electron chi connectivity index (χ2n) is 7.14. The van der Waals surface area contributed by atoms with Crippen molar-refractivity contribution in [3.05, 3.63) is 120 Å². The molecule has 0 saturated carbocycles. The Balaban J connectivity index is 1.65. The van der Waals surface area contributed by atoms with Crippen LogP contribution in [0.2, 0.25) is 0 Å². The van der Waals surface area contributed by atoms with Crippen molar-refractivity contribution < 1.29 is 8.42 Å². The monoisotopic (exact) mass is 417 g/mol. The molecule has 0 radical (unpaired) electrons. The fraction of sp³-hybridized carbons (Fsp3) is 0.125. The van der Waals surface area contributed by atoms with Crippen molar-refractivity contribution in [1.29, 1.82) is 0 Å². The third-order valence-electron chi connectivity index (χ3n) is 4.92. The van der Waals surface area contributed by atoms with Gasteiger partial charge in [0.05, 0.1) is 18.3 Å². The topological polar surface area (TPSA) is 64.0 Å². The summed E-state index contributed by atoms with van der Waals surface area (Å²) in [5, 5.41) is 4.42. The summed E-state index contributed by atoms with van der Waals surface area (Å²) in [5.41, 5.74) is 3.28. The normalized spacial score (nSPS) is 11.7. The molecule has 4 aromatic rings. The molecule has 4 rings (SSSR count). The third-order valence-corrected chi connectivity index (χ3v) is 6.44. The van der Waals surface area contributed by atoms with Crippen LogP contribution in [0, 0.1) is 6.92 Å². The Morgan fingerprint density at radius 1 is 0.833 bits per heavy atom. The van der Waals surface area contributed by atoms with E-state index >= 15 is 0 Å². The zero-order chi connectivity index (χ0) is 21.0. The summed E-state index contributed by atoms with van der Waals surface area (Å²) in [4.78, 5) is 0.190. The van der Waals surface area contributed by atoms with Crippen LogP contribution >= 0.6 is 0 Å². The Morgan fingerprint density at radius 3 is 1.87 bits per heavy atom. The Kier molecular flexibility index (Phi) is 5.79. The van der Waals surface area contributed by atoms with Crippen LogP contribution in [-0.2, 0) is 16.6 Å². The minimum absolute atomic E-state index is 0.190. The molecule has 0 atom stereocenters. The van der Waals surface area contributed by atoms with Crippen LogP contribution in [0.1, 0.15) is 28.4 Å². The molecule has 0 fully saturated rings. The fourth-order valence-electron chi connectivity index (χ4n) is 3.45. The van der Waals surface area contributed by atoms with Crippen molar-refractivity contribution >= 4 is 10.0 Å². The Morgan fingerprint density at radius 2 is 1.33 bits per heavy atom. The van der Waals surface area contributed by atoms with Crippen LogP contribution in [0.15, 0.2) is 102 Å². The van der Waals surface area contributed by atoms with Gasteiger partial charge < -0.3 is 0 Å². The number of nitrogens with zero attached hydrogens (tertiary/aromatic N) is 2. The number of sulfonamides is 1. The fourth-order valence-corrected chi connectivity index (χ4v) is 4.85. The number of nitrogens with one attached hydrogen (secondary N) is 1. The Bertz CT molecular complexity index is 1170. The molecule has 1 heterocycles. The second kappa shape index (κ2) is 8.65. The lowest BCUT2D eigenvalue weighted by Crippen LogP contribution is -2.29. The van der Waals surface area contributed by atoms with E-state index in [4.69, 9.17) is 0 Å². The van der Waals surface area contributed by atoms with Crippen molar-refractivity contribution in [2.45, 2.75) is 24.4 Å². The third kappa shape index (κ3) is 4.50. The van der Waals surface area contributed by atoms with Crippen molar-refractivity contribution in [3.8, 4) is 0 Å². The maximum Gasteiger partial charge on any atom is 0.244 e. The predicted octanol–water partition coefficient (Wildman–Crippen LogP) is 4.31. The van der Waals surface area contributed by atoms with Crippen molar-refractivity contribution in [2.24, 2.45) is 0 Å². The number of hydrogen-bond donors (Lipinski definition) is 1. The highest BCUT2D eigenvalue weighted by atomic mass is 32.2. The molecule has 5 nitrogen and oxygen atoms in total. The van der Waals surface area contributed by atoms with Crippen molar-refractivity contribution in [1.82, 2.24) is 14.5 Å². The zero-order valence-corrected chi connectivity index (χ0v) is 17.5. The lowest BCUT2D eigenvalue weighted by molar-refractivity contribution is 0.571. The molecule has 1 N–H and O–H groups in total. The van der Waals surface area contributed by atoms with Gasteiger partial charge in [-0.25, -0.2) is 8.42 Å². The molecule has 0 aliphatic rings. The molecule has 6 heteroatoms. The molecule has 3 aromatic carbocycles. The van der Waals surface area contributed by atoms with E-state index in [1.54, 1.807) is 17.8 Å². The van der Waals surface area contributed by atoms with Crippen LogP contribution < -0.4 is 4.72 Å². The highest BCUT2D eigenvalue weighted by Crippen LogP contribution is 2.25. The second-order valence-corrected chi connectivity index (χ2v) is 8.82. The summed E-state index contributed by atoms with van der Waals surface area (Å²) < 4.78 is 31.2. The molecule has 0 aliphatic carbocycles. The predicted molar refractivity (Wildman–Crippen MR) is 118 cm³/mol. The van der Waals surface area contributed by atoms with Gasteiger partial charge in [-0.05, 0) is 23.6 Å². The Labute approximate surface area is 177 Å². The van der Waals surface area contributed by atoms with E-state index in [-0.39, 0.29) is 4.90 Å². The molecule has 1 aromatic heterocycles. The summed E-state index contributed by atoms with van der Waals surface area (Å²) >= 11 is 0. The first-order valence-electron chi connectivity index (χ1n) is 9.73. The van der Waals surface area contributed by atoms with Crippen molar-refractivity contribution in [3.63, 3.8) is 0 Å². The number of benzene rings is 3. The maximum absolute atomic E-state index is 13.3. The van der Waals surface area contributed by atoms with Crippen LogP contribution in [0.5, 0.6) is 0 Å². The van der Waals surface area contributed by atoms with E-state index in [1.165, 1.54) is 0 Å². The zero-order valence-electron chi connectivity index (χ0n) is 16.6. The quantitative estimate of drug-likeness (QED) is 0.487. The highest BCUT2D eigenvalue weighted by Gasteiger charge is 2.26. The van der Waals surface area contributed by atoms with Gasteiger partial charge in [0.2, 0.25) is 10.0 Å². The van der Waals surface area contributed by atoms with Gasteiger partial charge in [0.1, 0.15) is 4.90 Å². The first-order valence-corrected chi connectivity index (χ1v) is 11.2. The van der Waals surface area contributed by atoms with E-state index in [2.05, 4.69) is 9.82 Å². The molecular formula is C24H23N3O2S. The minimum Gasteiger partial charge on any atom is -0.267 e. The first-order chi connectivity index (χ1) is 14.5. The maximum atomic E-state index is 13.3. The van der Waals surface area contributed by atoms with Gasteiger partial charge in [0.25, 0.3) is 0 Å². The molecule has 152 valence electrons. The largest absolute Gasteiger partial charge is 0.267 e. The number of rotatable bonds is 7. The standard InChI is InChI=1S/C24H23N3O2S/c1-19-23(18-27(25-19)17-20-11-5-2-6-12-20)30(28,29)26-24(21-13-7-3-8-14-21)22-15-9-4-10-16-22/h2-16,18,24,26H,17H2,1H3. The van der Waals surface area contributed by atoms with E-state index < -0.39 is 16.1 Å². The average molecular weight is 418 g/mol. The number of aryl methyl sites for hydroxylation is 1. The van der Waals surface area contributed by atoms with E-state index in [0.29, 0.717) is 12.2 Å². The Hall–Kier alpha value is -3.22. The average Bonchev–Trinajstić information content (AvgIpc) is 3.15. The van der Waals surface area contributed by atoms with Gasteiger partial charge in [-0.1, -0.05) is 91.0 Å². The summed E-state index contributed by atoms with van der Waals surface area (Å²) in [6.07, 6.45) is 1.59. The van der Waals surface area contributed by atoms with Gasteiger partial charge in [-0.3, -0.25) is 4.68 Å². The molecule has 0 saturated heterocycles. The molecule has 0 bridgehead atoms. The lowest BCUT2D eigenvalue weighted by atomic mass is 10.00. The molecule has 0 aliphatic heterocycles. The first kappa shape index (κ1) is 20.1. The van der Waals surface area contributed by atoms with Gasteiger partial charge >= 0.3 is 0 Å². The van der Waals surface area contributed by atoms with Crippen LogP contribution in [0.4, 0.5) is 0 Å². The number of aromatic nitrogens is 2. The van der Waals surface area contributed by atoms with Gasteiger partial charge in [-0.2, -0.15) is 9.82 Å². The molecule has 0 amide bonds. The SMILES string of the molecule is Cc1nn(Cc2ccccc2)cc1S(=O)(=O)NC(c1ccccc1)c1ccccc1. The summed E-state index contributed by atoms with van der Waals surface area (Å²) in [6, 6.07) is 28.5. The summed E-state index contributed by atoms with van der Waals surface area (Å²) in [7, 11) is -3.79. The summed E-state index contributed by atoms with van der Waals surface area (Å²) in [5.74, 6) is 0. The smallest absolute Gasteiger partial charge is 0.244 e. The van der Waals surface area contributed by atoms with Crippen LogP contribution in [0.25, 0.3) is 0 Å². The highest BCUT2D eigenvalue weighted by molar-refractivity contribution is 7.89. The minimum atomic E-state index is -3.79. The van der Waals surface area contributed by atoms with Gasteiger partial charge in [0.15, 0.2) is 0 Å². The number of hydrogen-bond acceptors (Lipinski definition) is 3. The van der Waals surface area contributed by atoms with Crippen LogP contribution in [-0.4, -0.2) is 18.2 Å². The van der Waals surface area contributed by atoms with E-state index in [0.717, 1.165) is 16.7 Å². The molecular weight excluding hydrogens is 394 g/mol. The summed E-state index contributed by atoms with van der Waals surface area (Å²) in [6.45, 7) is 2.23. The molecule has 0 unspecified atom stereocenters. The van der Waals surface area contributed by atoms with Crippen LogP contribution in [0.3, 0.4) is 0 Å². The van der Waals surface area contributed by atoms with E-state index in [1.807, 2.05) is 91.0 Å². The molecule has 30 heavy (non-hydrogen) atoms. The van der Waals surface area contributed by atoms with Gasteiger partial charge in [0, 0.05) is 6.20 Å². The van der Waals surface area contributed by atoms with Gasteiger partial charge in [-0.15, -0.1) is 0 Å². The lowest BCUT2D eigenvalue weighted by Gasteiger charge is -2.19. The van der Waals surface area contributed by atoms with Crippen molar-refractivity contribution in [2.75, 3.05) is 0 Å². The molecule has 0 spiro atoms.